The van der Waals surface area contributed by atoms with E-state index in [2.05, 4.69) is 15.0 Å². The lowest BCUT2D eigenvalue weighted by Gasteiger charge is -2.06. The topological polar surface area (TPSA) is 58.6 Å². The summed E-state index contributed by atoms with van der Waals surface area (Å²) in [6.07, 6.45) is 3.64. The van der Waals surface area contributed by atoms with Crippen molar-refractivity contribution in [2.24, 2.45) is 0 Å². The van der Waals surface area contributed by atoms with Crippen molar-refractivity contribution in [1.82, 2.24) is 15.0 Å². The van der Waals surface area contributed by atoms with Crippen molar-refractivity contribution in [1.29, 1.82) is 0 Å². The van der Waals surface area contributed by atoms with Gasteiger partial charge in [0.25, 0.3) is 5.56 Å². The van der Waals surface area contributed by atoms with Crippen LogP contribution in [0.5, 0.6) is 0 Å². The van der Waals surface area contributed by atoms with Gasteiger partial charge in [-0.15, -0.1) is 0 Å². The Morgan fingerprint density at radius 3 is 2.74 bits per heavy atom. The predicted molar refractivity (Wildman–Crippen MR) is 82.8 cm³/mol. The highest BCUT2D eigenvalue weighted by Crippen LogP contribution is 2.40. The van der Waals surface area contributed by atoms with Gasteiger partial charge >= 0.3 is 0 Å². The minimum atomic E-state index is -0.152. The molecule has 19 heavy (non-hydrogen) atoms. The third kappa shape index (κ3) is 2.64. The Kier molecular flexibility index (Phi) is 3.53. The van der Waals surface area contributed by atoms with Crippen LogP contribution in [0.2, 0.25) is 10.0 Å². The fourth-order valence-corrected chi connectivity index (χ4v) is 2.97. The van der Waals surface area contributed by atoms with Gasteiger partial charge in [-0.2, -0.15) is 0 Å². The Bertz CT molecular complexity index is 713. The SMILES string of the molecule is O=c1[nH]c(-c2ncc(Cl)cc2Cl)nc(C2CC2)c1I. The molecule has 0 amide bonds. The number of aromatic nitrogens is 3. The number of aromatic amines is 1. The molecule has 0 saturated heterocycles. The van der Waals surface area contributed by atoms with Gasteiger partial charge in [-0.1, -0.05) is 23.2 Å². The second-order valence-corrected chi connectivity index (χ2v) is 6.29. The molecule has 2 aromatic rings. The summed E-state index contributed by atoms with van der Waals surface area (Å²) in [7, 11) is 0. The zero-order valence-electron chi connectivity index (χ0n) is 9.58. The molecule has 3 rings (SSSR count). The zero-order chi connectivity index (χ0) is 13.6. The third-order valence-electron chi connectivity index (χ3n) is 2.88. The molecule has 0 unspecified atom stereocenters. The third-order valence-corrected chi connectivity index (χ3v) is 4.42. The Morgan fingerprint density at radius 2 is 2.11 bits per heavy atom. The van der Waals surface area contributed by atoms with Gasteiger partial charge in [-0.05, 0) is 41.5 Å². The van der Waals surface area contributed by atoms with Crippen LogP contribution in [0.3, 0.4) is 0 Å². The van der Waals surface area contributed by atoms with E-state index in [4.69, 9.17) is 23.2 Å². The average Bonchev–Trinajstić information content (AvgIpc) is 3.17. The molecule has 0 atom stereocenters. The van der Waals surface area contributed by atoms with Gasteiger partial charge < -0.3 is 4.98 Å². The normalized spacial score (nSPS) is 14.7. The summed E-state index contributed by atoms with van der Waals surface area (Å²) in [4.78, 5) is 23.3. The lowest BCUT2D eigenvalue weighted by molar-refractivity contribution is 0.952. The number of nitrogens with one attached hydrogen (secondary N) is 1. The molecular formula is C12H8Cl2IN3O. The van der Waals surface area contributed by atoms with Crippen LogP contribution in [0.15, 0.2) is 17.1 Å². The maximum absolute atomic E-state index is 11.9. The number of hydrogen-bond acceptors (Lipinski definition) is 3. The van der Waals surface area contributed by atoms with E-state index >= 15 is 0 Å². The van der Waals surface area contributed by atoms with Gasteiger partial charge in [0.15, 0.2) is 5.82 Å². The molecule has 1 aliphatic carbocycles. The lowest BCUT2D eigenvalue weighted by Crippen LogP contribution is -2.16. The summed E-state index contributed by atoms with van der Waals surface area (Å²) in [5, 5.41) is 0.822. The minimum absolute atomic E-state index is 0.152. The van der Waals surface area contributed by atoms with Gasteiger partial charge in [-0.25, -0.2) is 9.97 Å². The van der Waals surface area contributed by atoms with E-state index in [9.17, 15) is 4.79 Å². The van der Waals surface area contributed by atoms with Gasteiger partial charge in [0.1, 0.15) is 9.26 Å². The maximum Gasteiger partial charge on any atom is 0.264 e. The summed E-state index contributed by atoms with van der Waals surface area (Å²) in [5.41, 5.74) is 1.13. The summed E-state index contributed by atoms with van der Waals surface area (Å²) >= 11 is 13.9. The molecule has 0 aliphatic heterocycles. The Hall–Kier alpha value is -0.660. The van der Waals surface area contributed by atoms with Crippen LogP contribution in [0, 0.1) is 3.57 Å². The fourth-order valence-electron chi connectivity index (χ4n) is 1.80. The van der Waals surface area contributed by atoms with Crippen molar-refractivity contribution in [2.45, 2.75) is 18.8 Å². The molecule has 4 nitrogen and oxygen atoms in total. The molecule has 0 radical (unpaired) electrons. The Morgan fingerprint density at radius 1 is 1.37 bits per heavy atom. The average molecular weight is 408 g/mol. The highest BCUT2D eigenvalue weighted by Gasteiger charge is 2.29. The van der Waals surface area contributed by atoms with E-state index in [1.165, 1.54) is 6.20 Å². The molecule has 1 N–H and O–H groups in total. The van der Waals surface area contributed by atoms with Gasteiger partial charge in [0.05, 0.1) is 15.7 Å². The van der Waals surface area contributed by atoms with E-state index < -0.39 is 0 Å². The largest absolute Gasteiger partial charge is 0.304 e. The smallest absolute Gasteiger partial charge is 0.264 e. The monoisotopic (exact) mass is 407 g/mol. The van der Waals surface area contributed by atoms with Gasteiger partial charge in [0.2, 0.25) is 0 Å². The van der Waals surface area contributed by atoms with Crippen LogP contribution in [-0.4, -0.2) is 15.0 Å². The highest BCUT2D eigenvalue weighted by atomic mass is 127. The molecule has 1 aliphatic rings. The minimum Gasteiger partial charge on any atom is -0.304 e. The first-order valence-corrected chi connectivity index (χ1v) is 7.51. The van der Waals surface area contributed by atoms with Gasteiger partial charge in [-0.3, -0.25) is 4.79 Å². The molecule has 0 aromatic carbocycles. The number of H-pyrrole nitrogens is 1. The molecule has 98 valence electrons. The number of halogens is 3. The van der Waals surface area contributed by atoms with Crippen molar-refractivity contribution < 1.29 is 0 Å². The van der Waals surface area contributed by atoms with E-state index in [1.807, 2.05) is 22.6 Å². The summed E-state index contributed by atoms with van der Waals surface area (Å²) < 4.78 is 0.647. The van der Waals surface area contributed by atoms with E-state index in [0.29, 0.717) is 31.1 Å². The lowest BCUT2D eigenvalue weighted by atomic mass is 10.2. The van der Waals surface area contributed by atoms with Crippen LogP contribution < -0.4 is 5.56 Å². The highest BCUT2D eigenvalue weighted by molar-refractivity contribution is 14.1. The zero-order valence-corrected chi connectivity index (χ0v) is 13.3. The molecule has 0 spiro atoms. The molecule has 2 heterocycles. The van der Waals surface area contributed by atoms with Crippen LogP contribution in [0.25, 0.3) is 11.5 Å². The number of nitrogens with zero attached hydrogens (tertiary/aromatic N) is 2. The fraction of sp³-hybridized carbons (Fsp3) is 0.250. The van der Waals surface area contributed by atoms with Crippen LogP contribution in [-0.2, 0) is 0 Å². The summed E-state index contributed by atoms with van der Waals surface area (Å²) in [6, 6.07) is 1.58. The quantitative estimate of drug-likeness (QED) is 0.773. The first kappa shape index (κ1) is 13.3. The summed E-state index contributed by atoms with van der Waals surface area (Å²) in [5.74, 6) is 0.785. The second kappa shape index (κ2) is 5.03. The van der Waals surface area contributed by atoms with Crippen molar-refractivity contribution >= 4 is 45.8 Å². The van der Waals surface area contributed by atoms with Crippen molar-refractivity contribution in [3.8, 4) is 11.5 Å². The standard InChI is InChI=1S/C12H8Cl2IN3O/c13-6-3-7(14)10(16-4-6)11-17-9(5-1-2-5)8(15)12(19)18-11/h3-5H,1-2H2,(H,17,18,19). The molecular weight excluding hydrogens is 400 g/mol. The van der Waals surface area contributed by atoms with Crippen molar-refractivity contribution in [3.63, 3.8) is 0 Å². The molecule has 1 fully saturated rings. The molecule has 2 aromatic heterocycles. The maximum atomic E-state index is 11.9. The van der Waals surface area contributed by atoms with Crippen molar-refractivity contribution in [2.75, 3.05) is 0 Å². The Balaban J connectivity index is 2.17. The van der Waals surface area contributed by atoms with E-state index in [1.54, 1.807) is 6.07 Å². The number of hydrogen-bond donors (Lipinski definition) is 1. The van der Waals surface area contributed by atoms with E-state index in [-0.39, 0.29) is 5.56 Å². The van der Waals surface area contributed by atoms with Crippen molar-refractivity contribution in [3.05, 3.63) is 41.9 Å². The van der Waals surface area contributed by atoms with Gasteiger partial charge in [0, 0.05) is 12.1 Å². The molecule has 7 heteroatoms. The number of rotatable bonds is 2. The first-order valence-electron chi connectivity index (χ1n) is 5.67. The summed E-state index contributed by atoms with van der Waals surface area (Å²) in [6.45, 7) is 0. The van der Waals surface area contributed by atoms with E-state index in [0.717, 1.165) is 18.5 Å². The second-order valence-electron chi connectivity index (χ2n) is 4.37. The van der Waals surface area contributed by atoms with Crippen LogP contribution >= 0.6 is 45.8 Å². The first-order chi connectivity index (χ1) is 9.06. The van der Waals surface area contributed by atoms with Crippen LogP contribution in [0.4, 0.5) is 0 Å². The number of pyridine rings is 1. The van der Waals surface area contributed by atoms with Crippen LogP contribution in [0.1, 0.15) is 24.5 Å². The Labute approximate surface area is 132 Å². The molecule has 0 bridgehead atoms. The predicted octanol–water partition coefficient (Wildman–Crippen LogP) is 3.62. The molecule has 1 saturated carbocycles.